The van der Waals surface area contributed by atoms with E-state index in [1.54, 1.807) is 19.2 Å². The van der Waals surface area contributed by atoms with Crippen LogP contribution in [0.15, 0.2) is 41.6 Å². The second-order valence-corrected chi connectivity index (χ2v) is 5.43. The van der Waals surface area contributed by atoms with E-state index in [1.165, 1.54) is 33.6 Å². The Bertz CT molecular complexity index is 1130. The van der Waals surface area contributed by atoms with Crippen molar-refractivity contribution in [3.8, 4) is 5.69 Å². The summed E-state index contributed by atoms with van der Waals surface area (Å²) in [7, 11) is 0. The summed E-state index contributed by atoms with van der Waals surface area (Å²) in [6.07, 6.45) is 2.97. The third-order valence-corrected chi connectivity index (χ3v) is 3.93. The molecule has 23 heavy (non-hydrogen) atoms. The number of fused-ring (bicyclic) bond motifs is 3. The fourth-order valence-corrected chi connectivity index (χ4v) is 2.74. The zero-order chi connectivity index (χ0) is 16.1. The van der Waals surface area contributed by atoms with E-state index in [2.05, 4.69) is 15.1 Å². The SMILES string of the molecule is Cc1nc2ncnn2c2ccn(-c3ccc(F)c(Cl)c3)c(=O)c12. The largest absolute Gasteiger partial charge is 0.284 e. The van der Waals surface area contributed by atoms with Crippen LogP contribution in [0.2, 0.25) is 5.02 Å². The Balaban J connectivity index is 2.08. The molecule has 0 aliphatic carbocycles. The first kappa shape index (κ1) is 13.8. The third-order valence-electron chi connectivity index (χ3n) is 3.64. The van der Waals surface area contributed by atoms with Crippen LogP contribution in [0, 0.1) is 12.7 Å². The van der Waals surface area contributed by atoms with E-state index in [-0.39, 0.29) is 10.6 Å². The highest BCUT2D eigenvalue weighted by Crippen LogP contribution is 2.20. The lowest BCUT2D eigenvalue weighted by Gasteiger charge is -2.09. The standard InChI is InChI=1S/C15H9ClFN5O/c1-8-13-12(22-15(20-8)18-7-19-22)4-5-21(14(13)23)9-2-3-11(17)10(16)6-9/h2-7H,1H3. The number of aromatic nitrogens is 5. The van der Waals surface area contributed by atoms with Crippen molar-refractivity contribution in [1.82, 2.24) is 24.1 Å². The lowest BCUT2D eigenvalue weighted by atomic mass is 10.2. The normalized spacial score (nSPS) is 11.4. The summed E-state index contributed by atoms with van der Waals surface area (Å²) in [4.78, 5) is 21.2. The summed E-state index contributed by atoms with van der Waals surface area (Å²) >= 11 is 5.80. The zero-order valence-electron chi connectivity index (χ0n) is 11.9. The van der Waals surface area contributed by atoms with Gasteiger partial charge in [-0.2, -0.15) is 14.6 Å². The minimum Gasteiger partial charge on any atom is -0.284 e. The molecule has 4 rings (SSSR count). The summed E-state index contributed by atoms with van der Waals surface area (Å²) in [6.45, 7) is 1.74. The van der Waals surface area contributed by atoms with Gasteiger partial charge in [0.25, 0.3) is 11.3 Å². The van der Waals surface area contributed by atoms with Crippen LogP contribution in [-0.2, 0) is 0 Å². The van der Waals surface area contributed by atoms with Crippen LogP contribution >= 0.6 is 11.6 Å². The maximum absolute atomic E-state index is 13.3. The molecule has 3 aromatic heterocycles. The molecule has 0 aliphatic heterocycles. The predicted octanol–water partition coefficient (Wildman–Crippen LogP) is 2.53. The first-order chi connectivity index (χ1) is 11.1. The van der Waals surface area contributed by atoms with Gasteiger partial charge in [-0.15, -0.1) is 0 Å². The van der Waals surface area contributed by atoms with Crippen LogP contribution in [0.1, 0.15) is 5.69 Å². The average Bonchev–Trinajstić information content (AvgIpc) is 2.98. The Hall–Kier alpha value is -2.80. The Morgan fingerprint density at radius 2 is 2.09 bits per heavy atom. The van der Waals surface area contributed by atoms with Crippen molar-refractivity contribution in [2.45, 2.75) is 6.92 Å². The van der Waals surface area contributed by atoms with Crippen LogP contribution in [0.25, 0.3) is 22.4 Å². The van der Waals surface area contributed by atoms with Crippen LogP contribution in [0.5, 0.6) is 0 Å². The quantitative estimate of drug-likeness (QED) is 0.538. The molecule has 0 amide bonds. The highest BCUT2D eigenvalue weighted by atomic mass is 35.5. The lowest BCUT2D eigenvalue weighted by Crippen LogP contribution is -2.20. The number of rotatable bonds is 1. The summed E-state index contributed by atoms with van der Waals surface area (Å²) in [5.41, 5.74) is 1.35. The van der Waals surface area contributed by atoms with Gasteiger partial charge in [0.15, 0.2) is 0 Å². The molecule has 6 nitrogen and oxygen atoms in total. The minimum atomic E-state index is -0.536. The highest BCUT2D eigenvalue weighted by Gasteiger charge is 2.13. The van der Waals surface area contributed by atoms with E-state index in [0.717, 1.165) is 0 Å². The molecule has 0 spiro atoms. The number of hydrogen-bond donors (Lipinski definition) is 0. The van der Waals surface area contributed by atoms with E-state index in [4.69, 9.17) is 11.6 Å². The molecule has 0 unspecified atom stereocenters. The van der Waals surface area contributed by atoms with Crippen LogP contribution in [-0.4, -0.2) is 24.1 Å². The molecule has 0 fully saturated rings. The molecule has 0 atom stereocenters. The van der Waals surface area contributed by atoms with Crippen LogP contribution in [0.4, 0.5) is 4.39 Å². The first-order valence-electron chi connectivity index (χ1n) is 6.73. The molecule has 1 aromatic carbocycles. The molecule has 4 aromatic rings. The lowest BCUT2D eigenvalue weighted by molar-refractivity contribution is 0.627. The fraction of sp³-hybridized carbons (Fsp3) is 0.0667. The molecule has 0 saturated heterocycles. The maximum atomic E-state index is 13.3. The molecular formula is C15H9ClFN5O. The van der Waals surface area contributed by atoms with E-state index in [1.807, 2.05) is 0 Å². The van der Waals surface area contributed by atoms with Crippen LogP contribution < -0.4 is 5.56 Å². The van der Waals surface area contributed by atoms with Gasteiger partial charge in [-0.05, 0) is 31.2 Å². The van der Waals surface area contributed by atoms with Crippen molar-refractivity contribution in [1.29, 1.82) is 0 Å². The second-order valence-electron chi connectivity index (χ2n) is 5.02. The molecule has 0 radical (unpaired) electrons. The molecule has 114 valence electrons. The van der Waals surface area contributed by atoms with Crippen molar-refractivity contribution >= 4 is 28.3 Å². The zero-order valence-corrected chi connectivity index (χ0v) is 12.6. The van der Waals surface area contributed by atoms with E-state index < -0.39 is 5.82 Å². The van der Waals surface area contributed by atoms with Gasteiger partial charge in [-0.1, -0.05) is 11.6 Å². The molecule has 0 bridgehead atoms. The van der Waals surface area contributed by atoms with E-state index in [9.17, 15) is 9.18 Å². The number of benzene rings is 1. The summed E-state index contributed by atoms with van der Waals surface area (Å²) < 4.78 is 16.2. The Labute approximate surface area is 133 Å². The number of aryl methyl sites for hydroxylation is 1. The van der Waals surface area contributed by atoms with Gasteiger partial charge in [0.05, 0.1) is 27.3 Å². The van der Waals surface area contributed by atoms with Crippen molar-refractivity contribution in [3.63, 3.8) is 0 Å². The van der Waals surface area contributed by atoms with Gasteiger partial charge in [0.2, 0.25) is 0 Å². The maximum Gasteiger partial charge on any atom is 0.266 e. The summed E-state index contributed by atoms with van der Waals surface area (Å²) in [5, 5.41) is 4.46. The van der Waals surface area contributed by atoms with Crippen molar-refractivity contribution in [2.75, 3.05) is 0 Å². The van der Waals surface area contributed by atoms with Gasteiger partial charge in [0.1, 0.15) is 12.1 Å². The third kappa shape index (κ3) is 2.01. The smallest absolute Gasteiger partial charge is 0.266 e. The van der Waals surface area contributed by atoms with Gasteiger partial charge in [-0.25, -0.2) is 9.37 Å². The monoisotopic (exact) mass is 329 g/mol. The van der Waals surface area contributed by atoms with Crippen LogP contribution in [0.3, 0.4) is 0 Å². The van der Waals surface area contributed by atoms with Gasteiger partial charge < -0.3 is 0 Å². The molecule has 0 N–H and O–H groups in total. The van der Waals surface area contributed by atoms with Crippen molar-refractivity contribution in [3.05, 3.63) is 63.7 Å². The second kappa shape index (κ2) is 4.85. The topological polar surface area (TPSA) is 65.1 Å². The molecular weight excluding hydrogens is 321 g/mol. The predicted molar refractivity (Wildman–Crippen MR) is 83.6 cm³/mol. The first-order valence-corrected chi connectivity index (χ1v) is 7.11. The molecule has 0 saturated carbocycles. The fourth-order valence-electron chi connectivity index (χ4n) is 2.57. The number of pyridine rings is 1. The number of nitrogens with zero attached hydrogens (tertiary/aromatic N) is 5. The average molecular weight is 330 g/mol. The summed E-state index contributed by atoms with van der Waals surface area (Å²) in [5.74, 6) is -0.108. The van der Waals surface area contributed by atoms with E-state index in [0.29, 0.717) is 28.1 Å². The Morgan fingerprint density at radius 1 is 1.26 bits per heavy atom. The van der Waals surface area contributed by atoms with Gasteiger partial charge in [0, 0.05) is 6.20 Å². The number of hydrogen-bond acceptors (Lipinski definition) is 4. The van der Waals surface area contributed by atoms with Crippen molar-refractivity contribution < 1.29 is 4.39 Å². The van der Waals surface area contributed by atoms with E-state index >= 15 is 0 Å². The number of halogens is 2. The minimum absolute atomic E-state index is 0.0453. The molecule has 8 heteroatoms. The molecule has 0 aliphatic rings. The van der Waals surface area contributed by atoms with Gasteiger partial charge >= 0.3 is 0 Å². The molecule has 3 heterocycles. The Morgan fingerprint density at radius 3 is 2.87 bits per heavy atom. The van der Waals surface area contributed by atoms with Crippen molar-refractivity contribution in [2.24, 2.45) is 0 Å². The Kier molecular flexibility index (Phi) is 2.92. The van der Waals surface area contributed by atoms with Gasteiger partial charge in [-0.3, -0.25) is 9.36 Å². The highest BCUT2D eigenvalue weighted by molar-refractivity contribution is 6.30. The summed E-state index contributed by atoms with van der Waals surface area (Å²) in [6, 6.07) is 5.86.